The van der Waals surface area contributed by atoms with Crippen molar-refractivity contribution in [3.05, 3.63) is 103 Å². The van der Waals surface area contributed by atoms with E-state index in [0.29, 0.717) is 0 Å². The Morgan fingerprint density at radius 2 is 1.19 bits per heavy atom. The van der Waals surface area contributed by atoms with Gasteiger partial charge in [0, 0.05) is 40.3 Å². The van der Waals surface area contributed by atoms with Crippen LogP contribution in [0.5, 0.6) is 0 Å². The summed E-state index contributed by atoms with van der Waals surface area (Å²) < 4.78 is 0. The number of nitrogens with zero attached hydrogens (tertiary/aromatic N) is 1. The quantitative estimate of drug-likeness (QED) is 0.311. The van der Waals surface area contributed by atoms with E-state index in [1.165, 1.54) is 33.0 Å². The minimum absolute atomic E-state index is 0.987. The third-order valence-electron chi connectivity index (χ3n) is 6.41. The molecule has 6 aromatic rings. The molecule has 3 aromatic carbocycles. The molecule has 0 amide bonds. The molecule has 0 radical (unpaired) electrons. The molecule has 3 heterocycles. The zero-order valence-electron chi connectivity index (χ0n) is 17.3. The number of pyridine rings is 1. The first kappa shape index (κ1) is 17.3. The molecule has 0 bridgehead atoms. The smallest absolute Gasteiger partial charge is 0.0957 e. The van der Waals surface area contributed by atoms with Crippen LogP contribution in [0.2, 0.25) is 0 Å². The van der Waals surface area contributed by atoms with Crippen molar-refractivity contribution in [1.82, 2.24) is 15.0 Å². The largest absolute Gasteiger partial charge is 0.361 e. The summed E-state index contributed by atoms with van der Waals surface area (Å²) in [7, 11) is 0. The highest BCUT2D eigenvalue weighted by molar-refractivity contribution is 6.21. The lowest BCUT2D eigenvalue weighted by molar-refractivity contribution is 1.28. The van der Waals surface area contributed by atoms with E-state index in [9.17, 15) is 0 Å². The molecular weight excluding hydrogens is 390 g/mol. The molecule has 0 unspecified atom stereocenters. The Bertz CT molecular complexity index is 1590. The van der Waals surface area contributed by atoms with Crippen LogP contribution in [0, 0.1) is 0 Å². The molecule has 1 aliphatic rings. The summed E-state index contributed by atoms with van der Waals surface area (Å²) >= 11 is 0. The van der Waals surface area contributed by atoms with Gasteiger partial charge in [-0.05, 0) is 46.2 Å². The van der Waals surface area contributed by atoms with Crippen molar-refractivity contribution in [2.45, 2.75) is 0 Å². The Kier molecular flexibility index (Phi) is 3.55. The van der Waals surface area contributed by atoms with E-state index in [0.717, 1.165) is 33.9 Å². The number of hydrogen-bond acceptors (Lipinski definition) is 1. The van der Waals surface area contributed by atoms with Crippen molar-refractivity contribution in [2.24, 2.45) is 0 Å². The standard InChI is InChI=1S/C29H19N3/c1-2-8-19(9-3-1)28-27(22-14-6-16-30-22)25-20-12-4-10-18-11-5-13-21(24(18)20)26(25)29(32-28)23-15-7-17-31-23/h1-17,30-31H. The molecule has 0 fully saturated rings. The molecule has 0 aliphatic heterocycles. The van der Waals surface area contributed by atoms with Crippen molar-refractivity contribution in [1.29, 1.82) is 0 Å². The number of H-pyrrole nitrogens is 2. The van der Waals surface area contributed by atoms with E-state index in [1.54, 1.807) is 0 Å². The first-order valence-electron chi connectivity index (χ1n) is 10.8. The number of aromatic nitrogens is 3. The molecule has 3 nitrogen and oxygen atoms in total. The van der Waals surface area contributed by atoms with Crippen LogP contribution in [0.4, 0.5) is 0 Å². The van der Waals surface area contributed by atoms with E-state index < -0.39 is 0 Å². The number of benzene rings is 3. The Morgan fingerprint density at radius 1 is 0.500 bits per heavy atom. The van der Waals surface area contributed by atoms with E-state index in [4.69, 9.17) is 4.98 Å². The number of rotatable bonds is 3. The highest BCUT2D eigenvalue weighted by atomic mass is 14.8. The molecule has 7 rings (SSSR count). The number of hydrogen-bond donors (Lipinski definition) is 2. The van der Waals surface area contributed by atoms with Gasteiger partial charge >= 0.3 is 0 Å². The molecule has 2 N–H and O–H groups in total. The molecule has 0 saturated heterocycles. The maximum Gasteiger partial charge on any atom is 0.0957 e. The van der Waals surface area contributed by atoms with Gasteiger partial charge in [0.25, 0.3) is 0 Å². The van der Waals surface area contributed by atoms with E-state index in [2.05, 4.69) is 88.8 Å². The van der Waals surface area contributed by atoms with Gasteiger partial charge in [0.05, 0.1) is 17.1 Å². The van der Waals surface area contributed by atoms with E-state index in [1.807, 2.05) is 24.5 Å². The van der Waals surface area contributed by atoms with Gasteiger partial charge in [0.2, 0.25) is 0 Å². The van der Waals surface area contributed by atoms with Gasteiger partial charge in [0.15, 0.2) is 0 Å². The second-order valence-corrected chi connectivity index (χ2v) is 8.18. The molecule has 3 heteroatoms. The lowest BCUT2D eigenvalue weighted by Gasteiger charge is -2.18. The fourth-order valence-corrected chi connectivity index (χ4v) is 5.10. The Morgan fingerprint density at radius 3 is 1.88 bits per heavy atom. The van der Waals surface area contributed by atoms with Crippen molar-refractivity contribution in [2.75, 3.05) is 0 Å². The van der Waals surface area contributed by atoms with Crippen molar-refractivity contribution >= 4 is 10.8 Å². The highest BCUT2D eigenvalue weighted by Gasteiger charge is 2.31. The first-order valence-corrected chi connectivity index (χ1v) is 10.8. The third-order valence-corrected chi connectivity index (χ3v) is 6.41. The van der Waals surface area contributed by atoms with Gasteiger partial charge < -0.3 is 9.97 Å². The molecule has 150 valence electrons. The van der Waals surface area contributed by atoms with Crippen molar-refractivity contribution in [3.8, 4) is 56.2 Å². The summed E-state index contributed by atoms with van der Waals surface area (Å²) in [5.41, 5.74) is 11.3. The van der Waals surface area contributed by atoms with Crippen LogP contribution < -0.4 is 0 Å². The zero-order chi connectivity index (χ0) is 21.1. The SMILES string of the molecule is c1ccc(-c2nc(-c3ccc[nH]3)c3c(c2-c2ccc[nH]2)-c2cccc4cccc-3c24)cc1. The van der Waals surface area contributed by atoms with Crippen molar-refractivity contribution < 1.29 is 0 Å². The second-order valence-electron chi connectivity index (χ2n) is 8.18. The molecule has 0 spiro atoms. The van der Waals surface area contributed by atoms with E-state index >= 15 is 0 Å². The lowest BCUT2D eigenvalue weighted by Crippen LogP contribution is -1.98. The average Bonchev–Trinajstić information content (AvgIpc) is 3.62. The van der Waals surface area contributed by atoms with Gasteiger partial charge in [-0.3, -0.25) is 0 Å². The summed E-state index contributed by atoms with van der Waals surface area (Å²) in [6, 6.07) is 32.0. The van der Waals surface area contributed by atoms with Crippen LogP contribution in [0.3, 0.4) is 0 Å². The monoisotopic (exact) mass is 409 g/mol. The summed E-state index contributed by atoms with van der Waals surface area (Å²) in [4.78, 5) is 12.2. The summed E-state index contributed by atoms with van der Waals surface area (Å²) in [6.07, 6.45) is 3.95. The summed E-state index contributed by atoms with van der Waals surface area (Å²) in [5, 5.41) is 2.56. The van der Waals surface area contributed by atoms with Crippen LogP contribution in [0.25, 0.3) is 66.9 Å². The minimum Gasteiger partial charge on any atom is -0.361 e. The lowest BCUT2D eigenvalue weighted by atomic mass is 9.91. The summed E-state index contributed by atoms with van der Waals surface area (Å²) in [6.45, 7) is 0. The maximum atomic E-state index is 5.33. The fraction of sp³-hybridized carbons (Fsp3) is 0. The van der Waals surface area contributed by atoms with Crippen LogP contribution in [0.15, 0.2) is 103 Å². The van der Waals surface area contributed by atoms with Gasteiger partial charge in [-0.15, -0.1) is 0 Å². The van der Waals surface area contributed by atoms with Crippen molar-refractivity contribution in [3.63, 3.8) is 0 Å². The predicted molar refractivity (Wildman–Crippen MR) is 131 cm³/mol. The normalized spacial score (nSPS) is 11.8. The maximum absolute atomic E-state index is 5.33. The van der Waals surface area contributed by atoms with Crippen LogP contribution >= 0.6 is 0 Å². The van der Waals surface area contributed by atoms with Crippen LogP contribution in [-0.4, -0.2) is 15.0 Å². The molecule has 1 aliphatic carbocycles. The Labute approximate surface area is 185 Å². The van der Waals surface area contributed by atoms with Gasteiger partial charge in [-0.2, -0.15) is 0 Å². The predicted octanol–water partition coefficient (Wildman–Crippen LogP) is 7.54. The van der Waals surface area contributed by atoms with Gasteiger partial charge in [0.1, 0.15) is 0 Å². The molecule has 3 aromatic heterocycles. The highest BCUT2D eigenvalue weighted by Crippen LogP contribution is 2.55. The first-order chi connectivity index (χ1) is 15.9. The Balaban J connectivity index is 1.71. The number of nitrogens with one attached hydrogen (secondary N) is 2. The molecule has 0 atom stereocenters. The fourth-order valence-electron chi connectivity index (χ4n) is 5.10. The number of aromatic amines is 2. The van der Waals surface area contributed by atoms with Crippen LogP contribution in [0.1, 0.15) is 0 Å². The zero-order valence-corrected chi connectivity index (χ0v) is 17.3. The molecular formula is C29H19N3. The number of fused-ring (bicyclic) bond motifs is 3. The minimum atomic E-state index is 0.987. The molecule has 32 heavy (non-hydrogen) atoms. The third kappa shape index (κ3) is 2.33. The molecule has 0 saturated carbocycles. The average molecular weight is 409 g/mol. The van der Waals surface area contributed by atoms with E-state index in [-0.39, 0.29) is 0 Å². The topological polar surface area (TPSA) is 44.5 Å². The second kappa shape index (κ2) is 6.56. The Hall–Kier alpha value is -4.37. The van der Waals surface area contributed by atoms with Gasteiger partial charge in [-0.1, -0.05) is 66.7 Å². The summed E-state index contributed by atoms with van der Waals surface area (Å²) in [5.74, 6) is 0. The van der Waals surface area contributed by atoms with Gasteiger partial charge in [-0.25, -0.2) is 4.98 Å². The van der Waals surface area contributed by atoms with Crippen LogP contribution in [-0.2, 0) is 0 Å².